The number of amides is 1. The van der Waals surface area contributed by atoms with E-state index in [0.29, 0.717) is 18.7 Å². The fraction of sp³-hybridized carbons (Fsp3) is 0.765. The smallest absolute Gasteiger partial charge is 0.409 e. The maximum Gasteiger partial charge on any atom is 0.409 e. The molecule has 6 heteroatoms. The van der Waals surface area contributed by atoms with E-state index < -0.39 is 0 Å². The van der Waals surface area contributed by atoms with Crippen molar-refractivity contribution in [2.75, 3.05) is 19.7 Å². The van der Waals surface area contributed by atoms with Crippen LogP contribution in [-0.4, -0.2) is 41.7 Å². The Morgan fingerprint density at radius 1 is 1.39 bits per heavy atom. The van der Waals surface area contributed by atoms with E-state index in [-0.39, 0.29) is 6.09 Å². The largest absolute Gasteiger partial charge is 0.450 e. The Hall–Kier alpha value is -1.14. The number of thiazole rings is 1. The number of carbonyl (C=O) groups is 1. The van der Waals surface area contributed by atoms with Crippen molar-refractivity contribution in [3.8, 4) is 0 Å². The molecule has 1 aromatic heterocycles. The summed E-state index contributed by atoms with van der Waals surface area (Å²) in [5.74, 6) is 0. The van der Waals surface area contributed by atoms with Crippen molar-refractivity contribution >= 4 is 17.4 Å². The zero-order valence-corrected chi connectivity index (χ0v) is 15.0. The predicted molar refractivity (Wildman–Crippen MR) is 91.9 cm³/mol. The first-order valence-corrected chi connectivity index (χ1v) is 9.65. The third-order valence-electron chi connectivity index (χ3n) is 4.74. The first kappa shape index (κ1) is 16.7. The SMILES string of the molecule is CCOC(=O)N1CCC(NC(C)c2nc3c(s2)CCCC3)CC1. The van der Waals surface area contributed by atoms with Gasteiger partial charge in [-0.25, -0.2) is 9.78 Å². The van der Waals surface area contributed by atoms with Crippen molar-refractivity contribution in [1.29, 1.82) is 0 Å². The minimum atomic E-state index is -0.174. The second-order valence-corrected chi connectivity index (χ2v) is 7.59. The van der Waals surface area contributed by atoms with Crippen LogP contribution in [0.25, 0.3) is 0 Å². The molecular weight excluding hydrogens is 310 g/mol. The van der Waals surface area contributed by atoms with Gasteiger partial charge in [-0.3, -0.25) is 0 Å². The van der Waals surface area contributed by atoms with Crippen molar-refractivity contribution in [3.05, 3.63) is 15.6 Å². The lowest BCUT2D eigenvalue weighted by molar-refractivity contribution is 0.0943. The lowest BCUT2D eigenvalue weighted by Crippen LogP contribution is -2.45. The van der Waals surface area contributed by atoms with E-state index >= 15 is 0 Å². The van der Waals surface area contributed by atoms with Gasteiger partial charge in [0.25, 0.3) is 0 Å². The number of likely N-dealkylation sites (tertiary alicyclic amines) is 1. The molecule has 1 aliphatic heterocycles. The Kier molecular flexibility index (Phi) is 5.54. The highest BCUT2D eigenvalue weighted by molar-refractivity contribution is 7.11. The van der Waals surface area contributed by atoms with Crippen molar-refractivity contribution < 1.29 is 9.53 Å². The zero-order chi connectivity index (χ0) is 16.2. The third-order valence-corrected chi connectivity index (χ3v) is 6.08. The molecule has 1 N–H and O–H groups in total. The second kappa shape index (κ2) is 7.62. The van der Waals surface area contributed by atoms with Crippen LogP contribution < -0.4 is 5.32 Å². The molecule has 1 aliphatic carbocycles. The van der Waals surface area contributed by atoms with Gasteiger partial charge in [-0.2, -0.15) is 0 Å². The summed E-state index contributed by atoms with van der Waals surface area (Å²) in [6.45, 7) is 6.06. The summed E-state index contributed by atoms with van der Waals surface area (Å²) in [5.41, 5.74) is 1.34. The summed E-state index contributed by atoms with van der Waals surface area (Å²) in [4.78, 5) is 19.9. The molecule has 1 amide bonds. The molecule has 2 aliphatic rings. The van der Waals surface area contributed by atoms with Gasteiger partial charge in [0, 0.05) is 24.0 Å². The second-order valence-electron chi connectivity index (χ2n) is 6.48. The summed E-state index contributed by atoms with van der Waals surface area (Å²) in [5, 5.41) is 4.93. The topological polar surface area (TPSA) is 54.5 Å². The van der Waals surface area contributed by atoms with Crippen LogP contribution >= 0.6 is 11.3 Å². The van der Waals surface area contributed by atoms with E-state index in [4.69, 9.17) is 9.72 Å². The highest BCUT2D eigenvalue weighted by atomic mass is 32.1. The molecule has 128 valence electrons. The fourth-order valence-corrected chi connectivity index (χ4v) is 4.59. The molecule has 0 radical (unpaired) electrons. The number of aromatic nitrogens is 1. The summed E-state index contributed by atoms with van der Waals surface area (Å²) in [6.07, 6.45) is 6.73. The predicted octanol–water partition coefficient (Wildman–Crippen LogP) is 3.29. The van der Waals surface area contributed by atoms with Gasteiger partial charge >= 0.3 is 6.09 Å². The quantitative estimate of drug-likeness (QED) is 0.916. The fourth-order valence-electron chi connectivity index (χ4n) is 3.43. The van der Waals surface area contributed by atoms with Gasteiger partial charge in [-0.1, -0.05) is 0 Å². The van der Waals surface area contributed by atoms with E-state index in [2.05, 4.69) is 12.2 Å². The van der Waals surface area contributed by atoms with Crippen LogP contribution in [-0.2, 0) is 17.6 Å². The first-order chi connectivity index (χ1) is 11.2. The molecule has 1 fully saturated rings. The average Bonchev–Trinajstić information content (AvgIpc) is 3.00. The standard InChI is InChI=1S/C17H27N3O2S/c1-3-22-17(21)20-10-8-13(9-11-20)18-12(2)16-19-14-6-4-5-7-15(14)23-16/h12-13,18H,3-11H2,1-2H3. The molecule has 0 spiro atoms. The van der Waals surface area contributed by atoms with Gasteiger partial charge in [0.15, 0.2) is 0 Å². The molecule has 23 heavy (non-hydrogen) atoms. The highest BCUT2D eigenvalue weighted by Gasteiger charge is 2.26. The van der Waals surface area contributed by atoms with E-state index in [1.807, 2.05) is 23.2 Å². The monoisotopic (exact) mass is 337 g/mol. The van der Waals surface area contributed by atoms with Crippen LogP contribution in [0.3, 0.4) is 0 Å². The van der Waals surface area contributed by atoms with Crippen molar-refractivity contribution in [3.63, 3.8) is 0 Å². The van der Waals surface area contributed by atoms with Gasteiger partial charge in [0.1, 0.15) is 5.01 Å². The molecule has 0 aromatic carbocycles. The van der Waals surface area contributed by atoms with Gasteiger partial charge < -0.3 is 15.0 Å². The minimum Gasteiger partial charge on any atom is -0.450 e. The Balaban J connectivity index is 1.50. The third kappa shape index (κ3) is 4.04. The summed E-state index contributed by atoms with van der Waals surface area (Å²) in [6, 6.07) is 0.751. The number of carbonyl (C=O) groups excluding carboxylic acids is 1. The Morgan fingerprint density at radius 2 is 2.13 bits per heavy atom. The molecule has 3 rings (SSSR count). The van der Waals surface area contributed by atoms with Crippen molar-refractivity contribution in [1.82, 2.24) is 15.2 Å². The van der Waals surface area contributed by atoms with Crippen LogP contribution in [0.4, 0.5) is 4.79 Å². The van der Waals surface area contributed by atoms with Crippen LogP contribution in [0.5, 0.6) is 0 Å². The number of fused-ring (bicyclic) bond motifs is 1. The summed E-state index contributed by atoms with van der Waals surface area (Å²) < 4.78 is 5.07. The van der Waals surface area contributed by atoms with Crippen molar-refractivity contribution in [2.45, 2.75) is 64.5 Å². The van der Waals surface area contributed by atoms with Crippen LogP contribution in [0.2, 0.25) is 0 Å². The van der Waals surface area contributed by atoms with Crippen LogP contribution in [0.15, 0.2) is 0 Å². The molecule has 2 heterocycles. The van der Waals surface area contributed by atoms with Crippen LogP contribution in [0.1, 0.15) is 61.2 Å². The van der Waals surface area contributed by atoms with Gasteiger partial charge in [-0.05, 0) is 52.4 Å². The number of aryl methyl sites for hydroxylation is 2. The first-order valence-electron chi connectivity index (χ1n) is 8.83. The molecule has 0 bridgehead atoms. The molecule has 1 atom stereocenters. The number of ether oxygens (including phenoxy) is 1. The maximum absolute atomic E-state index is 11.7. The van der Waals surface area contributed by atoms with E-state index in [1.165, 1.54) is 34.8 Å². The van der Waals surface area contributed by atoms with E-state index in [9.17, 15) is 4.79 Å². The number of hydrogen-bond acceptors (Lipinski definition) is 5. The van der Waals surface area contributed by atoms with Crippen molar-refractivity contribution in [2.24, 2.45) is 0 Å². The number of rotatable bonds is 4. The van der Waals surface area contributed by atoms with E-state index in [0.717, 1.165) is 32.4 Å². The summed E-state index contributed by atoms with van der Waals surface area (Å²) in [7, 11) is 0. The molecule has 5 nitrogen and oxygen atoms in total. The maximum atomic E-state index is 11.7. The Bertz CT molecular complexity index is 514. The molecule has 1 saturated heterocycles. The lowest BCUT2D eigenvalue weighted by Gasteiger charge is -2.32. The number of hydrogen-bond donors (Lipinski definition) is 1. The number of piperidine rings is 1. The normalized spacial score (nSPS) is 20.2. The van der Waals surface area contributed by atoms with E-state index in [1.54, 1.807) is 0 Å². The van der Waals surface area contributed by atoms with Gasteiger partial charge in [-0.15, -0.1) is 11.3 Å². The Morgan fingerprint density at radius 3 is 2.83 bits per heavy atom. The Labute approximate surface area is 142 Å². The molecular formula is C17H27N3O2S. The van der Waals surface area contributed by atoms with Gasteiger partial charge in [0.05, 0.1) is 18.3 Å². The number of nitrogens with zero attached hydrogens (tertiary/aromatic N) is 2. The lowest BCUT2D eigenvalue weighted by atomic mass is 10.0. The van der Waals surface area contributed by atoms with Crippen LogP contribution in [0, 0.1) is 0 Å². The molecule has 1 unspecified atom stereocenters. The molecule has 0 saturated carbocycles. The molecule has 1 aromatic rings. The average molecular weight is 337 g/mol. The summed E-state index contributed by atoms with van der Waals surface area (Å²) >= 11 is 1.89. The zero-order valence-electron chi connectivity index (χ0n) is 14.1. The number of nitrogens with one attached hydrogen (secondary N) is 1. The highest BCUT2D eigenvalue weighted by Crippen LogP contribution is 2.30. The van der Waals surface area contributed by atoms with Gasteiger partial charge in [0.2, 0.25) is 0 Å². The minimum absolute atomic E-state index is 0.174.